The van der Waals surface area contributed by atoms with Crippen molar-refractivity contribution in [1.82, 2.24) is 0 Å². The first-order valence-corrected chi connectivity index (χ1v) is 11.2. The molecule has 3 aromatic rings. The van der Waals surface area contributed by atoms with Crippen LogP contribution < -0.4 is 19.7 Å². The van der Waals surface area contributed by atoms with Gasteiger partial charge in [0, 0.05) is 24.0 Å². The van der Waals surface area contributed by atoms with Crippen LogP contribution in [0.2, 0.25) is 0 Å². The summed E-state index contributed by atoms with van der Waals surface area (Å²) in [7, 11) is 1.55. The summed E-state index contributed by atoms with van der Waals surface area (Å²) < 4.78 is 16.0. The molecule has 0 saturated heterocycles. The maximum absolute atomic E-state index is 12.8. The molecule has 1 N–H and O–H groups in total. The third-order valence-electron chi connectivity index (χ3n) is 5.60. The van der Waals surface area contributed by atoms with Crippen LogP contribution in [0.25, 0.3) is 0 Å². The summed E-state index contributed by atoms with van der Waals surface area (Å²) in [4.78, 5) is 39.2. The van der Waals surface area contributed by atoms with Crippen LogP contribution in [0.1, 0.15) is 22.8 Å². The van der Waals surface area contributed by atoms with Gasteiger partial charge in [-0.3, -0.25) is 9.59 Å². The molecule has 8 nitrogen and oxygen atoms in total. The number of para-hydroxylation sites is 1. The maximum atomic E-state index is 12.8. The Morgan fingerprint density at radius 2 is 1.74 bits per heavy atom. The number of carbonyl (C=O) groups excluding carboxylic acids is 3. The summed E-state index contributed by atoms with van der Waals surface area (Å²) in [5.41, 5.74) is 2.83. The number of benzene rings is 3. The largest absolute Gasteiger partial charge is 0.497 e. The van der Waals surface area contributed by atoms with Crippen LogP contribution in [0.15, 0.2) is 72.8 Å². The zero-order valence-electron chi connectivity index (χ0n) is 19.5. The quantitative estimate of drug-likeness (QED) is 0.499. The van der Waals surface area contributed by atoms with Crippen LogP contribution >= 0.6 is 0 Å². The molecule has 1 unspecified atom stereocenters. The highest BCUT2D eigenvalue weighted by Crippen LogP contribution is 2.28. The van der Waals surface area contributed by atoms with Gasteiger partial charge in [-0.1, -0.05) is 24.3 Å². The molecule has 0 bridgehead atoms. The Bertz CT molecular complexity index is 1220. The number of fused-ring (bicyclic) bond motifs is 1. The highest BCUT2D eigenvalue weighted by molar-refractivity contribution is 6.00. The van der Waals surface area contributed by atoms with Gasteiger partial charge >= 0.3 is 5.97 Å². The average molecular weight is 475 g/mol. The lowest BCUT2D eigenvalue weighted by Crippen LogP contribution is -2.39. The van der Waals surface area contributed by atoms with Gasteiger partial charge < -0.3 is 24.4 Å². The lowest BCUT2D eigenvalue weighted by molar-refractivity contribution is -0.126. The van der Waals surface area contributed by atoms with Gasteiger partial charge in [0.2, 0.25) is 0 Å². The normalized spacial score (nSPS) is 12.9. The Kier molecular flexibility index (Phi) is 7.30. The van der Waals surface area contributed by atoms with Crippen LogP contribution in [0.4, 0.5) is 11.4 Å². The van der Waals surface area contributed by atoms with Gasteiger partial charge in [-0.2, -0.15) is 0 Å². The third-order valence-corrected chi connectivity index (χ3v) is 5.60. The maximum Gasteiger partial charge on any atom is 0.338 e. The summed E-state index contributed by atoms with van der Waals surface area (Å²) in [6.07, 6.45) is -0.147. The summed E-state index contributed by atoms with van der Waals surface area (Å²) in [5.74, 6) is -0.156. The van der Waals surface area contributed by atoms with E-state index < -0.39 is 12.1 Å². The van der Waals surface area contributed by atoms with Gasteiger partial charge in [-0.05, 0) is 61.4 Å². The van der Waals surface area contributed by atoms with E-state index in [2.05, 4.69) is 5.32 Å². The Labute approximate surface area is 203 Å². The van der Waals surface area contributed by atoms with E-state index in [9.17, 15) is 14.4 Å². The van der Waals surface area contributed by atoms with Crippen LogP contribution in [-0.4, -0.2) is 44.1 Å². The van der Waals surface area contributed by atoms with E-state index in [1.807, 2.05) is 24.3 Å². The lowest BCUT2D eigenvalue weighted by Gasteiger charge is -2.21. The van der Waals surface area contributed by atoms with Crippen molar-refractivity contribution in [3.63, 3.8) is 0 Å². The van der Waals surface area contributed by atoms with Crippen molar-refractivity contribution in [2.24, 2.45) is 0 Å². The number of ether oxygens (including phenoxy) is 3. The van der Waals surface area contributed by atoms with Crippen LogP contribution in [0.3, 0.4) is 0 Å². The number of amides is 2. The van der Waals surface area contributed by atoms with E-state index in [1.54, 1.807) is 55.3 Å². The molecule has 0 aromatic heterocycles. The number of carbonyl (C=O) groups is 3. The van der Waals surface area contributed by atoms with Crippen molar-refractivity contribution >= 4 is 29.2 Å². The molecule has 0 radical (unpaired) electrons. The van der Waals surface area contributed by atoms with Crippen LogP contribution in [0, 0.1) is 0 Å². The highest BCUT2D eigenvalue weighted by atomic mass is 16.5. The first-order valence-electron chi connectivity index (χ1n) is 11.2. The molecule has 35 heavy (non-hydrogen) atoms. The molecule has 2 amide bonds. The highest BCUT2D eigenvalue weighted by Gasteiger charge is 2.30. The molecule has 1 aliphatic rings. The van der Waals surface area contributed by atoms with Gasteiger partial charge in [-0.25, -0.2) is 4.79 Å². The van der Waals surface area contributed by atoms with E-state index in [0.29, 0.717) is 23.7 Å². The molecule has 1 heterocycles. The molecule has 0 spiro atoms. The Morgan fingerprint density at radius 1 is 0.971 bits per heavy atom. The number of hydrogen-bond acceptors (Lipinski definition) is 6. The van der Waals surface area contributed by atoms with Crippen molar-refractivity contribution < 1.29 is 28.6 Å². The number of rotatable bonds is 8. The van der Waals surface area contributed by atoms with Gasteiger partial charge in [0.1, 0.15) is 11.5 Å². The fraction of sp³-hybridized carbons (Fsp3) is 0.222. The van der Waals surface area contributed by atoms with E-state index in [1.165, 1.54) is 12.1 Å². The molecule has 180 valence electrons. The molecular weight excluding hydrogens is 448 g/mol. The SMILES string of the molecule is COc1cccc(NC(=O)COc2ccc(C(=O)OC(C)C(=O)N3CCc4ccccc43)cc2)c1. The van der Waals surface area contributed by atoms with Gasteiger partial charge in [0.25, 0.3) is 11.8 Å². The minimum atomic E-state index is -0.926. The van der Waals surface area contributed by atoms with Crippen molar-refractivity contribution in [3.8, 4) is 11.5 Å². The van der Waals surface area contributed by atoms with Crippen molar-refractivity contribution in [2.75, 3.05) is 30.5 Å². The first kappa shape index (κ1) is 23.8. The zero-order chi connectivity index (χ0) is 24.8. The molecular formula is C27H26N2O6. The van der Waals surface area contributed by atoms with Crippen molar-refractivity contribution in [3.05, 3.63) is 83.9 Å². The number of methoxy groups -OCH3 is 1. The second-order valence-electron chi connectivity index (χ2n) is 8.01. The fourth-order valence-electron chi connectivity index (χ4n) is 3.80. The molecule has 1 aliphatic heterocycles. The monoisotopic (exact) mass is 474 g/mol. The fourth-order valence-corrected chi connectivity index (χ4v) is 3.80. The van der Waals surface area contributed by atoms with Crippen LogP contribution in [-0.2, 0) is 20.7 Å². The molecule has 8 heteroatoms. The molecule has 0 saturated carbocycles. The number of hydrogen-bond donors (Lipinski definition) is 1. The minimum absolute atomic E-state index is 0.205. The molecule has 4 rings (SSSR count). The first-order chi connectivity index (χ1) is 16.9. The van der Waals surface area contributed by atoms with Gasteiger partial charge in [-0.15, -0.1) is 0 Å². The van der Waals surface area contributed by atoms with Crippen LogP contribution in [0.5, 0.6) is 11.5 Å². The van der Waals surface area contributed by atoms with E-state index in [-0.39, 0.29) is 24.0 Å². The molecule has 1 atom stereocenters. The number of esters is 1. The number of nitrogens with zero attached hydrogens (tertiary/aromatic N) is 1. The van der Waals surface area contributed by atoms with E-state index in [4.69, 9.17) is 14.2 Å². The number of nitrogens with one attached hydrogen (secondary N) is 1. The predicted molar refractivity (Wildman–Crippen MR) is 131 cm³/mol. The Morgan fingerprint density at radius 3 is 2.51 bits per heavy atom. The Balaban J connectivity index is 1.27. The van der Waals surface area contributed by atoms with Gasteiger partial charge in [0.15, 0.2) is 12.7 Å². The van der Waals surface area contributed by atoms with Gasteiger partial charge in [0.05, 0.1) is 12.7 Å². The summed E-state index contributed by atoms with van der Waals surface area (Å²) in [6.45, 7) is 1.93. The third kappa shape index (κ3) is 5.78. The van der Waals surface area contributed by atoms with Crippen molar-refractivity contribution in [1.29, 1.82) is 0 Å². The van der Waals surface area contributed by atoms with Crippen molar-refractivity contribution in [2.45, 2.75) is 19.4 Å². The topological polar surface area (TPSA) is 94.2 Å². The second-order valence-corrected chi connectivity index (χ2v) is 8.01. The van der Waals surface area contributed by atoms with E-state index in [0.717, 1.165) is 17.7 Å². The predicted octanol–water partition coefficient (Wildman–Crippen LogP) is 3.85. The smallest absolute Gasteiger partial charge is 0.338 e. The molecule has 0 aliphatic carbocycles. The second kappa shape index (κ2) is 10.7. The van der Waals surface area contributed by atoms with E-state index >= 15 is 0 Å². The molecule has 3 aromatic carbocycles. The lowest BCUT2D eigenvalue weighted by atomic mass is 10.2. The standard InChI is InChI=1S/C27H26N2O6/c1-18(26(31)29-15-14-19-6-3-4-9-24(19)29)35-27(32)20-10-12-22(13-11-20)34-17-25(30)28-21-7-5-8-23(16-21)33-2/h3-13,16,18H,14-15,17H2,1-2H3,(H,28,30). The summed E-state index contributed by atoms with van der Waals surface area (Å²) >= 11 is 0. The Hall–Kier alpha value is -4.33. The number of anilines is 2. The minimum Gasteiger partial charge on any atom is -0.497 e. The average Bonchev–Trinajstić information content (AvgIpc) is 3.31. The molecule has 0 fully saturated rings. The summed E-state index contributed by atoms with van der Waals surface area (Å²) in [5, 5.41) is 2.72. The summed E-state index contributed by atoms with van der Waals surface area (Å²) in [6, 6.07) is 20.9. The zero-order valence-corrected chi connectivity index (χ0v) is 19.5.